The Kier molecular flexibility index (Phi) is 5.06. The smallest absolute Gasteiger partial charge is 0.239 e. The topological polar surface area (TPSA) is 106 Å². The Morgan fingerprint density at radius 2 is 1.74 bits per heavy atom. The summed E-state index contributed by atoms with van der Waals surface area (Å²) in [6, 6.07) is 20.7. The van der Waals surface area contributed by atoms with Crippen molar-refractivity contribution in [3.05, 3.63) is 81.5 Å². The molecular formula is C24H19N5OS. The third kappa shape index (κ3) is 3.46. The third-order valence-corrected chi connectivity index (χ3v) is 6.76. The summed E-state index contributed by atoms with van der Waals surface area (Å²) in [7, 11) is 1.61. The summed E-state index contributed by atoms with van der Waals surface area (Å²) in [5, 5.41) is 20.5. The standard InChI is InChI=1S/C24H19N5OS/c1-24(20-11-19(14-31-20)17-7-3-5-15(9-17)12-25)21(22(30)29(2)23(27)28-24)18-8-4-6-16(10-18)13-26/h3-11,14,21H,1-2H3,(H2,27,28)/t21-,24+/m0/s1. The predicted octanol–water partition coefficient (Wildman–Crippen LogP) is 3.94. The largest absolute Gasteiger partial charge is 0.369 e. The number of benzene rings is 2. The summed E-state index contributed by atoms with van der Waals surface area (Å²) in [5.74, 6) is -0.650. The Bertz CT molecular complexity index is 1300. The van der Waals surface area contributed by atoms with Crippen molar-refractivity contribution in [1.82, 2.24) is 4.90 Å². The van der Waals surface area contributed by atoms with Crippen molar-refractivity contribution in [3.63, 3.8) is 0 Å². The van der Waals surface area contributed by atoms with Gasteiger partial charge in [0.2, 0.25) is 5.91 Å². The molecule has 1 aliphatic rings. The van der Waals surface area contributed by atoms with Crippen molar-refractivity contribution in [2.75, 3.05) is 7.05 Å². The predicted molar refractivity (Wildman–Crippen MR) is 120 cm³/mol. The molecule has 0 saturated heterocycles. The molecule has 31 heavy (non-hydrogen) atoms. The number of carbonyl (C=O) groups excluding carboxylic acids is 1. The van der Waals surface area contributed by atoms with E-state index in [1.807, 2.05) is 42.6 Å². The first-order valence-corrected chi connectivity index (χ1v) is 10.5. The van der Waals surface area contributed by atoms with Gasteiger partial charge in [0.05, 0.1) is 29.2 Å². The second kappa shape index (κ2) is 7.71. The van der Waals surface area contributed by atoms with Gasteiger partial charge in [-0.05, 0) is 59.3 Å². The van der Waals surface area contributed by atoms with Crippen molar-refractivity contribution >= 4 is 23.2 Å². The van der Waals surface area contributed by atoms with E-state index >= 15 is 0 Å². The Hall–Kier alpha value is -3.94. The fourth-order valence-corrected chi connectivity index (χ4v) is 4.95. The molecule has 3 aromatic rings. The molecular weight excluding hydrogens is 406 g/mol. The molecule has 2 atom stereocenters. The Balaban J connectivity index is 1.85. The van der Waals surface area contributed by atoms with Gasteiger partial charge in [-0.15, -0.1) is 11.3 Å². The van der Waals surface area contributed by atoms with Gasteiger partial charge in [0.1, 0.15) is 5.54 Å². The molecule has 0 spiro atoms. The maximum absolute atomic E-state index is 13.3. The highest BCUT2D eigenvalue weighted by atomic mass is 32.1. The highest BCUT2D eigenvalue weighted by Crippen LogP contribution is 2.47. The Morgan fingerprint density at radius 3 is 2.45 bits per heavy atom. The number of rotatable bonds is 3. The number of amides is 1. The van der Waals surface area contributed by atoms with E-state index in [1.165, 1.54) is 16.2 Å². The molecule has 1 amide bonds. The van der Waals surface area contributed by atoms with Crippen LogP contribution in [0.4, 0.5) is 0 Å². The normalized spacial score (nSPS) is 20.6. The highest BCUT2D eigenvalue weighted by Gasteiger charge is 2.48. The number of hydrogen-bond donors (Lipinski definition) is 1. The number of guanidine groups is 1. The van der Waals surface area contributed by atoms with Crippen molar-refractivity contribution in [2.45, 2.75) is 18.4 Å². The van der Waals surface area contributed by atoms with Gasteiger partial charge in [-0.25, -0.2) is 4.99 Å². The minimum atomic E-state index is -0.933. The van der Waals surface area contributed by atoms with Gasteiger partial charge in [-0.2, -0.15) is 10.5 Å². The van der Waals surface area contributed by atoms with Gasteiger partial charge in [-0.3, -0.25) is 9.69 Å². The monoisotopic (exact) mass is 425 g/mol. The molecule has 4 rings (SSSR count). The van der Waals surface area contributed by atoms with Crippen molar-refractivity contribution in [3.8, 4) is 23.3 Å². The second-order valence-corrected chi connectivity index (χ2v) is 8.49. The van der Waals surface area contributed by atoms with Crippen LogP contribution in [-0.2, 0) is 10.3 Å². The zero-order chi connectivity index (χ0) is 22.2. The van der Waals surface area contributed by atoms with Gasteiger partial charge >= 0.3 is 0 Å². The number of aliphatic imine (C=N–C) groups is 1. The van der Waals surface area contributed by atoms with Crippen LogP contribution in [-0.4, -0.2) is 23.8 Å². The summed E-state index contributed by atoms with van der Waals surface area (Å²) < 4.78 is 0. The summed E-state index contributed by atoms with van der Waals surface area (Å²) in [4.78, 5) is 20.3. The molecule has 0 unspecified atom stereocenters. The summed E-state index contributed by atoms with van der Waals surface area (Å²) in [6.45, 7) is 1.90. The second-order valence-electron chi connectivity index (χ2n) is 7.58. The molecule has 2 N–H and O–H groups in total. The molecule has 2 heterocycles. The van der Waals surface area contributed by atoms with Crippen LogP contribution in [0.3, 0.4) is 0 Å². The fraction of sp³-hybridized carbons (Fsp3) is 0.167. The number of likely N-dealkylation sites (N-methyl/N-ethyl adjacent to an activating group) is 1. The number of nitriles is 2. The zero-order valence-electron chi connectivity index (χ0n) is 17.0. The van der Waals surface area contributed by atoms with Gasteiger partial charge in [0.25, 0.3) is 0 Å². The number of carbonyl (C=O) groups is 1. The van der Waals surface area contributed by atoms with Crippen LogP contribution < -0.4 is 5.73 Å². The van der Waals surface area contributed by atoms with E-state index in [9.17, 15) is 15.3 Å². The van der Waals surface area contributed by atoms with Crippen LogP contribution in [0.1, 0.15) is 34.4 Å². The van der Waals surface area contributed by atoms with E-state index in [0.717, 1.165) is 21.6 Å². The average molecular weight is 426 g/mol. The molecule has 0 aliphatic carbocycles. The third-order valence-electron chi connectivity index (χ3n) is 5.60. The van der Waals surface area contributed by atoms with Crippen molar-refractivity contribution < 1.29 is 4.79 Å². The molecule has 0 saturated carbocycles. The van der Waals surface area contributed by atoms with Crippen LogP contribution in [0.5, 0.6) is 0 Å². The molecule has 1 aromatic heterocycles. The Labute approximate surface area is 184 Å². The lowest BCUT2D eigenvalue weighted by atomic mass is 9.77. The molecule has 6 nitrogen and oxygen atoms in total. The SMILES string of the molecule is CN1C(=O)[C@H](c2cccc(C#N)c2)[C@@](C)(c2cc(-c3cccc(C#N)c3)cs2)N=C1N. The van der Waals surface area contributed by atoms with Crippen LogP contribution in [0.2, 0.25) is 0 Å². The van der Waals surface area contributed by atoms with Crippen LogP contribution in [0.25, 0.3) is 11.1 Å². The minimum absolute atomic E-state index is 0.154. The van der Waals surface area contributed by atoms with Crippen LogP contribution in [0, 0.1) is 22.7 Å². The lowest BCUT2D eigenvalue weighted by Gasteiger charge is -2.40. The van der Waals surface area contributed by atoms with Crippen LogP contribution in [0.15, 0.2) is 65.0 Å². The quantitative estimate of drug-likeness (QED) is 0.686. The first kappa shape index (κ1) is 20.3. The first-order chi connectivity index (χ1) is 14.9. The van der Waals surface area contributed by atoms with E-state index in [-0.39, 0.29) is 11.9 Å². The molecule has 0 radical (unpaired) electrons. The number of thiophene rings is 1. The number of nitrogens with zero attached hydrogens (tertiary/aromatic N) is 4. The van der Waals surface area contributed by atoms with E-state index in [1.54, 1.807) is 31.3 Å². The lowest BCUT2D eigenvalue weighted by Crippen LogP contribution is -2.52. The van der Waals surface area contributed by atoms with E-state index in [2.05, 4.69) is 12.1 Å². The summed E-state index contributed by atoms with van der Waals surface area (Å²) >= 11 is 1.50. The number of nitrogens with two attached hydrogens (primary N) is 1. The van der Waals surface area contributed by atoms with E-state index in [4.69, 9.17) is 10.7 Å². The van der Waals surface area contributed by atoms with Crippen molar-refractivity contribution in [1.29, 1.82) is 10.5 Å². The minimum Gasteiger partial charge on any atom is -0.369 e. The fourth-order valence-electron chi connectivity index (χ4n) is 3.90. The van der Waals surface area contributed by atoms with Crippen molar-refractivity contribution in [2.24, 2.45) is 10.7 Å². The molecule has 152 valence electrons. The molecule has 0 fully saturated rings. The summed E-state index contributed by atoms with van der Waals surface area (Å²) in [6.07, 6.45) is 0. The van der Waals surface area contributed by atoms with E-state index in [0.29, 0.717) is 11.1 Å². The first-order valence-electron chi connectivity index (χ1n) is 9.60. The van der Waals surface area contributed by atoms with Crippen LogP contribution >= 0.6 is 11.3 Å². The maximum Gasteiger partial charge on any atom is 0.239 e. The molecule has 7 heteroatoms. The lowest BCUT2D eigenvalue weighted by molar-refractivity contribution is -0.130. The van der Waals surface area contributed by atoms with Gasteiger partial charge in [0, 0.05) is 11.9 Å². The summed E-state index contributed by atoms with van der Waals surface area (Å²) in [5.41, 5.74) is 8.83. The van der Waals surface area contributed by atoms with Gasteiger partial charge < -0.3 is 5.73 Å². The number of hydrogen-bond acceptors (Lipinski definition) is 6. The molecule has 2 aromatic carbocycles. The molecule has 0 bridgehead atoms. The molecule has 1 aliphatic heterocycles. The van der Waals surface area contributed by atoms with Gasteiger partial charge in [-0.1, -0.05) is 24.3 Å². The zero-order valence-corrected chi connectivity index (χ0v) is 17.9. The van der Waals surface area contributed by atoms with E-state index < -0.39 is 11.5 Å². The average Bonchev–Trinajstić information content (AvgIpc) is 3.29. The Morgan fingerprint density at radius 1 is 1.06 bits per heavy atom. The maximum atomic E-state index is 13.3. The highest BCUT2D eigenvalue weighted by molar-refractivity contribution is 7.10. The van der Waals surface area contributed by atoms with Gasteiger partial charge in [0.15, 0.2) is 5.96 Å².